The van der Waals surface area contributed by atoms with Crippen LogP contribution in [-0.2, 0) is 4.79 Å². The normalized spacial score (nSPS) is 14.9. The number of aromatic nitrogens is 1. The van der Waals surface area contributed by atoms with Crippen molar-refractivity contribution in [2.24, 2.45) is 5.73 Å². The summed E-state index contributed by atoms with van der Waals surface area (Å²) in [6.07, 6.45) is 4.03. The lowest BCUT2D eigenvalue weighted by atomic mass is 10.2. The van der Waals surface area contributed by atoms with Gasteiger partial charge in [0.25, 0.3) is 5.69 Å². The summed E-state index contributed by atoms with van der Waals surface area (Å²) < 4.78 is 0. The molecular formula is C13H19N5O3. The molecule has 114 valence electrons. The second-order valence-corrected chi connectivity index (χ2v) is 5.11. The lowest BCUT2D eigenvalue weighted by Gasteiger charge is -2.29. The van der Waals surface area contributed by atoms with E-state index in [1.165, 1.54) is 12.1 Å². The Morgan fingerprint density at radius 3 is 2.71 bits per heavy atom. The maximum absolute atomic E-state index is 11.3. The number of carbonyl (C=O) groups excluding carboxylic acids is 1. The third-order valence-electron chi connectivity index (χ3n) is 3.65. The highest BCUT2D eigenvalue weighted by atomic mass is 16.6. The van der Waals surface area contributed by atoms with Crippen LogP contribution in [0.1, 0.15) is 25.7 Å². The number of rotatable bonds is 6. The number of amides is 1. The molecule has 1 fully saturated rings. The summed E-state index contributed by atoms with van der Waals surface area (Å²) in [4.78, 5) is 28.0. The maximum atomic E-state index is 11.3. The minimum atomic E-state index is -0.471. The zero-order valence-electron chi connectivity index (χ0n) is 11.9. The van der Waals surface area contributed by atoms with E-state index in [9.17, 15) is 14.9 Å². The van der Waals surface area contributed by atoms with Crippen molar-refractivity contribution in [2.45, 2.75) is 31.7 Å². The summed E-state index contributed by atoms with van der Waals surface area (Å²) in [5.74, 6) is 0.340. The van der Waals surface area contributed by atoms with Crippen LogP contribution in [0.25, 0.3) is 0 Å². The zero-order chi connectivity index (χ0) is 15.4. The fourth-order valence-electron chi connectivity index (χ4n) is 2.66. The van der Waals surface area contributed by atoms with Crippen LogP contribution < -0.4 is 16.0 Å². The lowest BCUT2D eigenvalue weighted by Crippen LogP contribution is -2.40. The minimum Gasteiger partial charge on any atom is -0.373 e. The number of carbonyl (C=O) groups is 1. The third kappa shape index (κ3) is 3.59. The summed E-state index contributed by atoms with van der Waals surface area (Å²) in [7, 11) is 1.64. The highest BCUT2D eigenvalue weighted by Crippen LogP contribution is 2.30. The van der Waals surface area contributed by atoms with Crippen molar-refractivity contribution in [1.29, 1.82) is 0 Å². The van der Waals surface area contributed by atoms with E-state index in [2.05, 4.69) is 10.3 Å². The largest absolute Gasteiger partial charge is 0.373 e. The number of pyridine rings is 1. The molecule has 0 spiro atoms. The van der Waals surface area contributed by atoms with Crippen molar-refractivity contribution in [2.75, 3.05) is 23.8 Å². The van der Waals surface area contributed by atoms with Gasteiger partial charge in [-0.05, 0) is 12.8 Å². The molecule has 1 heterocycles. The standard InChI is InChI=1S/C13H19N5O3/c1-15-12-6-10(18(20)21)7-13(16-12)17(8-11(14)19)9-4-2-3-5-9/h6-7,9H,2-5,8H2,1H3,(H2,14,19)(H,15,16). The molecule has 0 radical (unpaired) electrons. The number of anilines is 2. The first kappa shape index (κ1) is 15.0. The third-order valence-corrected chi connectivity index (χ3v) is 3.65. The molecule has 1 saturated carbocycles. The van der Waals surface area contributed by atoms with Gasteiger partial charge in [0, 0.05) is 13.1 Å². The van der Waals surface area contributed by atoms with Crippen LogP contribution in [0.2, 0.25) is 0 Å². The SMILES string of the molecule is CNc1cc([N+](=O)[O-])cc(N(CC(N)=O)C2CCCC2)n1. The van der Waals surface area contributed by atoms with Crippen molar-refractivity contribution in [3.63, 3.8) is 0 Å². The van der Waals surface area contributed by atoms with E-state index in [0.717, 1.165) is 25.7 Å². The van der Waals surface area contributed by atoms with E-state index in [1.54, 1.807) is 11.9 Å². The Morgan fingerprint density at radius 1 is 1.52 bits per heavy atom. The Balaban J connectivity index is 2.39. The molecule has 8 nitrogen and oxygen atoms in total. The van der Waals surface area contributed by atoms with Crippen molar-refractivity contribution in [3.8, 4) is 0 Å². The summed E-state index contributed by atoms with van der Waals surface area (Å²) in [5.41, 5.74) is 5.25. The molecule has 0 aliphatic heterocycles. The highest BCUT2D eigenvalue weighted by Gasteiger charge is 2.26. The summed E-state index contributed by atoms with van der Waals surface area (Å²) in [6, 6.07) is 2.90. The number of hydrogen-bond donors (Lipinski definition) is 2. The first-order chi connectivity index (χ1) is 10.0. The molecular weight excluding hydrogens is 274 g/mol. The van der Waals surface area contributed by atoms with Crippen LogP contribution >= 0.6 is 0 Å². The molecule has 1 aliphatic rings. The number of primary amides is 1. The van der Waals surface area contributed by atoms with Crippen LogP contribution in [0.3, 0.4) is 0 Å². The average Bonchev–Trinajstić information content (AvgIpc) is 2.97. The maximum Gasteiger partial charge on any atom is 0.276 e. The quantitative estimate of drug-likeness (QED) is 0.603. The van der Waals surface area contributed by atoms with Crippen LogP contribution in [-0.4, -0.2) is 35.4 Å². The Bertz CT molecular complexity index is 543. The van der Waals surface area contributed by atoms with Crippen molar-refractivity contribution >= 4 is 23.2 Å². The monoisotopic (exact) mass is 293 g/mol. The number of hydrogen-bond acceptors (Lipinski definition) is 6. The minimum absolute atomic E-state index is 0.0159. The molecule has 2 rings (SSSR count). The molecule has 1 aliphatic carbocycles. The Morgan fingerprint density at radius 2 is 2.19 bits per heavy atom. The Hall–Kier alpha value is -2.38. The topological polar surface area (TPSA) is 114 Å². The van der Waals surface area contributed by atoms with Gasteiger partial charge < -0.3 is 16.0 Å². The average molecular weight is 293 g/mol. The van der Waals surface area contributed by atoms with Gasteiger partial charge in [-0.3, -0.25) is 14.9 Å². The van der Waals surface area contributed by atoms with E-state index in [1.807, 2.05) is 0 Å². The summed E-state index contributed by atoms with van der Waals surface area (Å²) in [5, 5.41) is 13.8. The Labute approximate surface area is 122 Å². The fourth-order valence-corrected chi connectivity index (χ4v) is 2.66. The van der Waals surface area contributed by atoms with Gasteiger partial charge in [-0.25, -0.2) is 4.98 Å². The molecule has 8 heteroatoms. The molecule has 0 unspecified atom stereocenters. The van der Waals surface area contributed by atoms with Crippen molar-refractivity contribution in [3.05, 3.63) is 22.2 Å². The van der Waals surface area contributed by atoms with E-state index in [0.29, 0.717) is 11.6 Å². The molecule has 0 aromatic carbocycles. The molecule has 0 atom stereocenters. The van der Waals surface area contributed by atoms with E-state index in [4.69, 9.17) is 5.73 Å². The second kappa shape index (κ2) is 6.38. The predicted octanol–water partition coefficient (Wildman–Crippen LogP) is 1.27. The van der Waals surface area contributed by atoms with Crippen molar-refractivity contribution < 1.29 is 9.72 Å². The zero-order valence-corrected chi connectivity index (χ0v) is 11.9. The first-order valence-corrected chi connectivity index (χ1v) is 6.90. The highest BCUT2D eigenvalue weighted by molar-refractivity contribution is 5.79. The molecule has 1 amide bonds. The van der Waals surface area contributed by atoms with E-state index < -0.39 is 10.8 Å². The van der Waals surface area contributed by atoms with E-state index >= 15 is 0 Å². The van der Waals surface area contributed by atoms with E-state index in [-0.39, 0.29) is 18.3 Å². The number of nitrogens with one attached hydrogen (secondary N) is 1. The smallest absolute Gasteiger partial charge is 0.276 e. The van der Waals surface area contributed by atoms with Gasteiger partial charge in [0.2, 0.25) is 5.91 Å². The van der Waals surface area contributed by atoms with Gasteiger partial charge in [0.15, 0.2) is 0 Å². The molecule has 0 saturated heterocycles. The van der Waals surface area contributed by atoms with Crippen molar-refractivity contribution in [1.82, 2.24) is 4.98 Å². The second-order valence-electron chi connectivity index (χ2n) is 5.11. The number of nitrogens with zero attached hydrogens (tertiary/aromatic N) is 3. The summed E-state index contributed by atoms with van der Waals surface area (Å²) >= 11 is 0. The molecule has 0 bridgehead atoms. The molecule has 1 aromatic heterocycles. The van der Waals surface area contributed by atoms with Gasteiger partial charge in [-0.15, -0.1) is 0 Å². The Kier molecular flexibility index (Phi) is 4.56. The van der Waals surface area contributed by atoms with Crippen LogP contribution in [0.5, 0.6) is 0 Å². The van der Waals surface area contributed by atoms with Crippen LogP contribution in [0.15, 0.2) is 12.1 Å². The number of nitrogens with two attached hydrogens (primary N) is 1. The van der Waals surface area contributed by atoms with Gasteiger partial charge in [-0.1, -0.05) is 12.8 Å². The predicted molar refractivity (Wildman–Crippen MR) is 79.2 cm³/mol. The molecule has 21 heavy (non-hydrogen) atoms. The van der Waals surface area contributed by atoms with Crippen LogP contribution in [0.4, 0.5) is 17.3 Å². The van der Waals surface area contributed by atoms with Crippen LogP contribution in [0, 0.1) is 10.1 Å². The number of nitro groups is 1. The summed E-state index contributed by atoms with van der Waals surface area (Å²) in [6.45, 7) is 0.0159. The van der Waals surface area contributed by atoms with Gasteiger partial charge in [0.05, 0.1) is 23.6 Å². The molecule has 1 aromatic rings. The fraction of sp³-hybridized carbons (Fsp3) is 0.538. The van der Waals surface area contributed by atoms with Gasteiger partial charge >= 0.3 is 0 Å². The molecule has 3 N–H and O–H groups in total. The van der Waals surface area contributed by atoms with Gasteiger partial charge in [0.1, 0.15) is 11.6 Å². The lowest BCUT2D eigenvalue weighted by molar-refractivity contribution is -0.384. The first-order valence-electron chi connectivity index (χ1n) is 6.90. The van der Waals surface area contributed by atoms with Gasteiger partial charge in [-0.2, -0.15) is 0 Å².